The van der Waals surface area contributed by atoms with Crippen molar-refractivity contribution in [3.8, 4) is 5.75 Å². The minimum atomic E-state index is -0.580. The monoisotopic (exact) mass is 353 g/mol. The van der Waals surface area contributed by atoms with Crippen LogP contribution in [0.5, 0.6) is 5.75 Å². The largest absolute Gasteiger partial charge is 0.495 e. The van der Waals surface area contributed by atoms with Gasteiger partial charge in [-0.25, -0.2) is 9.18 Å². The van der Waals surface area contributed by atoms with Crippen molar-refractivity contribution < 1.29 is 18.7 Å². The molecule has 4 nitrogen and oxygen atoms in total. The van der Waals surface area contributed by atoms with Crippen LogP contribution in [-0.2, 0) is 11.3 Å². The van der Waals surface area contributed by atoms with E-state index in [9.17, 15) is 9.18 Å². The van der Waals surface area contributed by atoms with E-state index in [-0.39, 0.29) is 12.2 Å². The van der Waals surface area contributed by atoms with Crippen LogP contribution >= 0.6 is 15.9 Å². The van der Waals surface area contributed by atoms with Gasteiger partial charge in [-0.3, -0.25) is 0 Å². The molecule has 0 bridgehead atoms. The fourth-order valence-electron chi connectivity index (χ4n) is 1.74. The van der Waals surface area contributed by atoms with Crippen LogP contribution in [0.4, 0.5) is 10.1 Å². The molecule has 0 aliphatic rings. The molecule has 2 aromatic carbocycles. The van der Waals surface area contributed by atoms with E-state index in [2.05, 4.69) is 15.9 Å². The maximum absolute atomic E-state index is 13.5. The highest BCUT2D eigenvalue weighted by Gasteiger charge is 2.11. The molecule has 2 aromatic rings. The topological polar surface area (TPSA) is 61.5 Å². The standard InChI is InChI=1S/C15H13BrFNO3/c1-20-14-5-2-9(7-13(14)18)15(19)21-8-10-6-11(16)3-4-12(10)17/h2-7H,8,18H2,1H3. The van der Waals surface area contributed by atoms with Crippen molar-refractivity contribution in [3.63, 3.8) is 0 Å². The maximum atomic E-state index is 13.5. The minimum Gasteiger partial charge on any atom is -0.495 e. The molecule has 2 N–H and O–H groups in total. The van der Waals surface area contributed by atoms with E-state index in [1.807, 2.05) is 0 Å². The van der Waals surface area contributed by atoms with Crippen molar-refractivity contribution >= 4 is 27.6 Å². The molecule has 0 heterocycles. The van der Waals surface area contributed by atoms with Gasteiger partial charge in [0.05, 0.1) is 18.4 Å². The number of benzene rings is 2. The Morgan fingerprint density at radius 2 is 2.05 bits per heavy atom. The third-order valence-corrected chi connectivity index (χ3v) is 3.33. The van der Waals surface area contributed by atoms with Gasteiger partial charge < -0.3 is 15.2 Å². The van der Waals surface area contributed by atoms with E-state index >= 15 is 0 Å². The zero-order valence-electron chi connectivity index (χ0n) is 11.2. The van der Waals surface area contributed by atoms with Gasteiger partial charge in [0.1, 0.15) is 18.2 Å². The SMILES string of the molecule is COc1ccc(C(=O)OCc2cc(Br)ccc2F)cc1N. The molecule has 0 aliphatic heterocycles. The number of nitrogen functional groups attached to an aromatic ring is 1. The van der Waals surface area contributed by atoms with Gasteiger partial charge in [0, 0.05) is 10.0 Å². The maximum Gasteiger partial charge on any atom is 0.338 e. The molecule has 0 saturated heterocycles. The van der Waals surface area contributed by atoms with Gasteiger partial charge >= 0.3 is 5.97 Å². The Kier molecular flexibility index (Phi) is 4.80. The van der Waals surface area contributed by atoms with Crippen molar-refractivity contribution in [2.24, 2.45) is 0 Å². The highest BCUT2D eigenvalue weighted by atomic mass is 79.9. The van der Waals surface area contributed by atoms with Gasteiger partial charge in [-0.05, 0) is 36.4 Å². The number of halogens is 2. The van der Waals surface area contributed by atoms with Crippen LogP contribution < -0.4 is 10.5 Å². The lowest BCUT2D eigenvalue weighted by atomic mass is 10.2. The second-order valence-corrected chi connectivity index (χ2v) is 5.18. The van der Waals surface area contributed by atoms with E-state index in [4.69, 9.17) is 15.2 Å². The summed E-state index contributed by atoms with van der Waals surface area (Å²) in [5.74, 6) is -0.534. The van der Waals surface area contributed by atoms with Crippen LogP contribution in [0.1, 0.15) is 15.9 Å². The number of methoxy groups -OCH3 is 1. The molecule has 110 valence electrons. The Morgan fingerprint density at radius 3 is 2.71 bits per heavy atom. The Hall–Kier alpha value is -2.08. The van der Waals surface area contributed by atoms with Gasteiger partial charge in [-0.15, -0.1) is 0 Å². The highest BCUT2D eigenvalue weighted by Crippen LogP contribution is 2.23. The number of anilines is 1. The normalized spacial score (nSPS) is 10.2. The molecule has 6 heteroatoms. The average Bonchev–Trinajstić information content (AvgIpc) is 2.47. The molecular formula is C15H13BrFNO3. The van der Waals surface area contributed by atoms with Crippen molar-refractivity contribution in [3.05, 3.63) is 57.8 Å². The predicted molar refractivity (Wildman–Crippen MR) is 80.6 cm³/mol. The Balaban J connectivity index is 2.08. The quantitative estimate of drug-likeness (QED) is 0.674. The molecular weight excluding hydrogens is 341 g/mol. The molecule has 0 aliphatic carbocycles. The molecule has 0 amide bonds. The van der Waals surface area contributed by atoms with Crippen molar-refractivity contribution in [1.29, 1.82) is 0 Å². The number of carbonyl (C=O) groups excluding carboxylic acids is 1. The fourth-order valence-corrected chi connectivity index (χ4v) is 2.15. The van der Waals surface area contributed by atoms with E-state index in [1.54, 1.807) is 18.2 Å². The molecule has 2 rings (SSSR count). The third kappa shape index (κ3) is 3.72. The van der Waals surface area contributed by atoms with Crippen molar-refractivity contribution in [2.75, 3.05) is 12.8 Å². The first kappa shape index (κ1) is 15.3. The molecule has 0 fully saturated rings. The molecule has 0 aromatic heterocycles. The number of nitrogens with two attached hydrogens (primary N) is 1. The Bertz CT molecular complexity index is 676. The lowest BCUT2D eigenvalue weighted by molar-refractivity contribution is 0.0469. The third-order valence-electron chi connectivity index (χ3n) is 2.83. The van der Waals surface area contributed by atoms with Crippen LogP contribution in [0.25, 0.3) is 0 Å². The molecule has 21 heavy (non-hydrogen) atoms. The van der Waals surface area contributed by atoms with Crippen LogP contribution in [0, 0.1) is 5.82 Å². The van der Waals surface area contributed by atoms with Gasteiger partial charge in [-0.2, -0.15) is 0 Å². The predicted octanol–water partition coefficient (Wildman–Crippen LogP) is 3.54. The van der Waals surface area contributed by atoms with Crippen LogP contribution in [0.15, 0.2) is 40.9 Å². The number of hydrogen-bond donors (Lipinski definition) is 1. The average molecular weight is 354 g/mol. The summed E-state index contributed by atoms with van der Waals surface area (Å²) in [5, 5.41) is 0. The number of hydrogen-bond acceptors (Lipinski definition) is 4. The highest BCUT2D eigenvalue weighted by molar-refractivity contribution is 9.10. The zero-order valence-corrected chi connectivity index (χ0v) is 12.8. The van der Waals surface area contributed by atoms with Crippen LogP contribution in [0.2, 0.25) is 0 Å². The lowest BCUT2D eigenvalue weighted by Gasteiger charge is -2.08. The molecule has 0 radical (unpaired) electrons. The summed E-state index contributed by atoms with van der Waals surface area (Å²) >= 11 is 3.24. The van der Waals surface area contributed by atoms with Crippen LogP contribution in [-0.4, -0.2) is 13.1 Å². The van der Waals surface area contributed by atoms with Crippen molar-refractivity contribution in [1.82, 2.24) is 0 Å². The van der Waals surface area contributed by atoms with E-state index < -0.39 is 11.8 Å². The van der Waals surface area contributed by atoms with Crippen molar-refractivity contribution in [2.45, 2.75) is 6.61 Å². The number of rotatable bonds is 4. The summed E-state index contributed by atoms with van der Waals surface area (Å²) in [5.41, 5.74) is 6.63. The lowest BCUT2D eigenvalue weighted by Crippen LogP contribution is -2.07. The smallest absolute Gasteiger partial charge is 0.338 e. The Labute approximate surface area is 129 Å². The summed E-state index contributed by atoms with van der Waals surface area (Å²) in [6.45, 7) is -0.157. The summed E-state index contributed by atoms with van der Waals surface area (Å²) in [7, 11) is 1.49. The van der Waals surface area contributed by atoms with Gasteiger partial charge in [0.25, 0.3) is 0 Å². The van der Waals surface area contributed by atoms with Gasteiger partial charge in [0.15, 0.2) is 0 Å². The number of esters is 1. The zero-order chi connectivity index (χ0) is 15.4. The summed E-state index contributed by atoms with van der Waals surface area (Å²) in [6.07, 6.45) is 0. The first-order valence-electron chi connectivity index (χ1n) is 6.06. The Morgan fingerprint density at radius 1 is 1.29 bits per heavy atom. The van der Waals surface area contributed by atoms with Crippen LogP contribution in [0.3, 0.4) is 0 Å². The number of carbonyl (C=O) groups is 1. The van der Waals surface area contributed by atoms with Gasteiger partial charge in [-0.1, -0.05) is 15.9 Å². The fraction of sp³-hybridized carbons (Fsp3) is 0.133. The van der Waals surface area contributed by atoms with E-state index in [0.29, 0.717) is 21.5 Å². The van der Waals surface area contributed by atoms with E-state index in [0.717, 1.165) is 0 Å². The number of ether oxygens (including phenoxy) is 2. The summed E-state index contributed by atoms with van der Waals surface area (Å²) < 4.78 is 24.3. The van der Waals surface area contributed by atoms with Gasteiger partial charge in [0.2, 0.25) is 0 Å². The molecule has 0 unspecified atom stereocenters. The van der Waals surface area contributed by atoms with E-state index in [1.165, 1.54) is 25.3 Å². The second-order valence-electron chi connectivity index (χ2n) is 4.27. The molecule has 0 saturated carbocycles. The first-order chi connectivity index (χ1) is 10.0. The second kappa shape index (κ2) is 6.58. The minimum absolute atomic E-state index is 0.157. The first-order valence-corrected chi connectivity index (χ1v) is 6.85. The molecule has 0 spiro atoms. The summed E-state index contributed by atoms with van der Waals surface area (Å²) in [6, 6.07) is 9.01. The summed E-state index contributed by atoms with van der Waals surface area (Å²) in [4.78, 5) is 11.9. The molecule has 0 atom stereocenters.